The Labute approximate surface area is 265 Å². The predicted octanol–water partition coefficient (Wildman–Crippen LogP) is 3.89. The molecule has 3 saturated heterocycles. The first-order valence-corrected chi connectivity index (χ1v) is 15.8. The summed E-state index contributed by atoms with van der Waals surface area (Å²) in [4.78, 5) is 19.1. The fourth-order valence-electron chi connectivity index (χ4n) is 7.97. The molecule has 1 aromatic carbocycles. The van der Waals surface area contributed by atoms with Crippen LogP contribution in [0.4, 0.5) is 10.2 Å². The summed E-state index contributed by atoms with van der Waals surface area (Å²) >= 11 is 0. The van der Waals surface area contributed by atoms with Crippen LogP contribution in [0.5, 0.6) is 6.01 Å². The molecule has 5 aromatic rings. The van der Waals surface area contributed by atoms with Crippen molar-refractivity contribution in [2.75, 3.05) is 50.9 Å². The van der Waals surface area contributed by atoms with Crippen LogP contribution < -0.4 is 9.64 Å². The lowest BCUT2D eigenvalue weighted by Gasteiger charge is -2.31. The number of nitrogens with one attached hydrogen (secondary N) is 1. The van der Waals surface area contributed by atoms with E-state index in [9.17, 15) is 9.50 Å². The van der Waals surface area contributed by atoms with Crippen molar-refractivity contribution in [2.24, 2.45) is 7.05 Å². The summed E-state index contributed by atoms with van der Waals surface area (Å²) < 4.78 is 28.7. The topological polar surface area (TPSA) is 117 Å². The van der Waals surface area contributed by atoms with E-state index in [1.54, 1.807) is 19.3 Å². The molecule has 2 N–H and O–H groups in total. The van der Waals surface area contributed by atoms with Crippen molar-refractivity contribution in [3.05, 3.63) is 35.7 Å². The maximum atomic E-state index is 14.5. The summed E-state index contributed by atoms with van der Waals surface area (Å²) in [5.74, 6) is 3.53. The number of pyridine rings is 1. The molecule has 7 heterocycles. The van der Waals surface area contributed by atoms with Crippen molar-refractivity contribution in [2.45, 2.75) is 50.4 Å². The summed E-state index contributed by atoms with van der Waals surface area (Å²) in [6.07, 6.45) is 11.2. The zero-order valence-electron chi connectivity index (χ0n) is 26.3. The van der Waals surface area contributed by atoms with Gasteiger partial charge >= 0.3 is 6.01 Å². The van der Waals surface area contributed by atoms with Crippen LogP contribution in [-0.4, -0.2) is 103 Å². The zero-order chi connectivity index (χ0) is 31.8. The molecule has 46 heavy (non-hydrogen) atoms. The number of aromatic amines is 1. The van der Waals surface area contributed by atoms with Crippen LogP contribution in [0.3, 0.4) is 0 Å². The number of ether oxygens (including phenoxy) is 2. The normalized spacial score (nSPS) is 25.4. The number of aliphatic hydroxyl groups is 1. The lowest BCUT2D eigenvalue weighted by atomic mass is 9.95. The zero-order valence-corrected chi connectivity index (χ0v) is 26.3. The number of β-amino-alcohol motifs (C(OH)–C–C–N with tert-alkyl or cyclic N) is 1. The molecule has 4 aromatic heterocycles. The summed E-state index contributed by atoms with van der Waals surface area (Å²) in [5.41, 5.74) is 4.15. The lowest BCUT2D eigenvalue weighted by Crippen LogP contribution is -2.44. The van der Waals surface area contributed by atoms with Crippen molar-refractivity contribution in [1.82, 2.24) is 34.6 Å². The molecule has 11 nitrogen and oxygen atoms in total. The third-order valence-corrected chi connectivity index (χ3v) is 10.0. The maximum Gasteiger partial charge on any atom is 0.320 e. The van der Waals surface area contributed by atoms with E-state index in [1.165, 1.54) is 0 Å². The fraction of sp³-hybridized carbons (Fsp3) is 0.471. The molecular weight excluding hydrogens is 587 g/mol. The third-order valence-electron chi connectivity index (χ3n) is 10.0. The Morgan fingerprint density at radius 2 is 2.15 bits per heavy atom. The van der Waals surface area contributed by atoms with Gasteiger partial charge in [0.05, 0.1) is 53.6 Å². The summed E-state index contributed by atoms with van der Waals surface area (Å²) in [6.45, 7) is 6.86. The van der Waals surface area contributed by atoms with E-state index in [4.69, 9.17) is 30.8 Å². The van der Waals surface area contributed by atoms with Gasteiger partial charge < -0.3 is 24.0 Å². The Bertz CT molecular complexity index is 2050. The van der Waals surface area contributed by atoms with E-state index in [2.05, 4.69) is 21.0 Å². The highest BCUT2D eigenvalue weighted by molar-refractivity contribution is 6.17. The highest BCUT2D eigenvalue weighted by Gasteiger charge is 2.49. The molecule has 12 heteroatoms. The second kappa shape index (κ2) is 10.6. The molecule has 0 unspecified atom stereocenters. The molecule has 3 fully saturated rings. The van der Waals surface area contributed by atoms with Gasteiger partial charge in [-0.3, -0.25) is 15.0 Å². The molecule has 3 aliphatic rings. The largest absolute Gasteiger partial charge is 0.461 e. The number of hydrogen-bond donors (Lipinski definition) is 2. The molecule has 0 saturated carbocycles. The average molecular weight is 625 g/mol. The Kier molecular flexibility index (Phi) is 6.72. The summed E-state index contributed by atoms with van der Waals surface area (Å²) in [5, 5.41) is 21.1. The van der Waals surface area contributed by atoms with Crippen LogP contribution in [0.15, 0.2) is 24.5 Å². The molecule has 0 spiro atoms. The van der Waals surface area contributed by atoms with Gasteiger partial charge in [-0.25, -0.2) is 4.39 Å². The molecule has 0 radical (unpaired) electrons. The minimum atomic E-state index is -1.09. The molecule has 0 bridgehead atoms. The van der Waals surface area contributed by atoms with Gasteiger partial charge in [0.25, 0.3) is 0 Å². The van der Waals surface area contributed by atoms with Crippen molar-refractivity contribution in [1.29, 1.82) is 0 Å². The number of H-pyrrole nitrogens is 1. The second-order valence-electron chi connectivity index (χ2n) is 13.4. The van der Waals surface area contributed by atoms with E-state index >= 15 is 0 Å². The monoisotopic (exact) mass is 624 g/mol. The van der Waals surface area contributed by atoms with E-state index in [0.717, 1.165) is 63.3 Å². The number of benzene rings is 1. The number of rotatable bonds is 5. The van der Waals surface area contributed by atoms with Gasteiger partial charge in [0.1, 0.15) is 29.8 Å². The van der Waals surface area contributed by atoms with Crippen molar-refractivity contribution >= 4 is 38.7 Å². The molecule has 3 aliphatic heterocycles. The Balaban J connectivity index is 1.34. The van der Waals surface area contributed by atoms with Crippen LogP contribution in [-0.2, 0) is 11.8 Å². The summed E-state index contributed by atoms with van der Waals surface area (Å²) in [7, 11) is 1.96. The number of nitrogens with zero attached hydrogens (tertiary/aromatic N) is 7. The quantitative estimate of drug-likeness (QED) is 0.281. The first-order valence-electron chi connectivity index (χ1n) is 15.8. The Hall–Kier alpha value is -4.31. The molecule has 0 aliphatic carbocycles. The van der Waals surface area contributed by atoms with E-state index in [0.29, 0.717) is 56.4 Å². The van der Waals surface area contributed by atoms with Gasteiger partial charge in [0, 0.05) is 54.7 Å². The summed E-state index contributed by atoms with van der Waals surface area (Å²) in [6, 6.07) is 4.19. The van der Waals surface area contributed by atoms with Crippen LogP contribution in [0, 0.1) is 19.3 Å². The standard InChI is InChI=1S/C34H37FN8O3/c1-5-22-20(2)13-25-24(15-37-40-25)26(22)28-29-23(7-9-36-28)27-30(41(29)4)38-32(39-31(27)42-11-12-45-18-33(3,44)17-42)46-19-34-8-6-10-43(34)16-21(35)14-34/h1,7,9,13,15,21,44H,6,8,10-12,14,16-19H2,2-4H3,(H,37,40)/t21-,33+,34+/m1/s1. The molecule has 3 atom stereocenters. The highest BCUT2D eigenvalue weighted by Crippen LogP contribution is 2.43. The fourth-order valence-corrected chi connectivity index (χ4v) is 7.97. The molecular formula is C34H37FN8O3. The minimum absolute atomic E-state index is 0.216. The van der Waals surface area contributed by atoms with Crippen LogP contribution in [0.25, 0.3) is 44.1 Å². The Morgan fingerprint density at radius 3 is 3.00 bits per heavy atom. The van der Waals surface area contributed by atoms with Crippen LogP contribution in [0.2, 0.25) is 0 Å². The number of fused-ring (bicyclic) bond motifs is 5. The van der Waals surface area contributed by atoms with Gasteiger partial charge in [0.2, 0.25) is 0 Å². The van der Waals surface area contributed by atoms with E-state index in [1.807, 2.05) is 35.6 Å². The van der Waals surface area contributed by atoms with Gasteiger partial charge in [-0.05, 0) is 50.9 Å². The number of hydrogen-bond acceptors (Lipinski definition) is 9. The first-order chi connectivity index (χ1) is 22.2. The van der Waals surface area contributed by atoms with Crippen molar-refractivity contribution in [3.63, 3.8) is 0 Å². The van der Waals surface area contributed by atoms with Gasteiger partial charge in [0.15, 0.2) is 0 Å². The number of anilines is 1. The number of terminal acetylenes is 1. The van der Waals surface area contributed by atoms with E-state index in [-0.39, 0.29) is 18.2 Å². The molecule has 8 rings (SSSR count). The minimum Gasteiger partial charge on any atom is -0.461 e. The number of alkyl halides is 1. The number of aryl methyl sites for hydroxylation is 2. The third kappa shape index (κ3) is 4.52. The first kappa shape index (κ1) is 29.1. The van der Waals surface area contributed by atoms with Gasteiger partial charge in [-0.2, -0.15) is 15.1 Å². The van der Waals surface area contributed by atoms with Crippen LogP contribution >= 0.6 is 0 Å². The van der Waals surface area contributed by atoms with E-state index < -0.39 is 11.8 Å². The maximum absolute atomic E-state index is 14.5. The Morgan fingerprint density at radius 1 is 1.28 bits per heavy atom. The molecule has 238 valence electrons. The molecule has 0 amide bonds. The predicted molar refractivity (Wildman–Crippen MR) is 174 cm³/mol. The lowest BCUT2D eigenvalue weighted by molar-refractivity contribution is -0.0123. The van der Waals surface area contributed by atoms with Gasteiger partial charge in [-0.15, -0.1) is 6.42 Å². The highest BCUT2D eigenvalue weighted by atomic mass is 19.1. The average Bonchev–Trinajstić information content (AvgIpc) is 3.75. The second-order valence-corrected chi connectivity index (χ2v) is 13.4. The smallest absolute Gasteiger partial charge is 0.320 e. The van der Waals surface area contributed by atoms with Crippen molar-refractivity contribution in [3.8, 4) is 29.6 Å². The van der Waals surface area contributed by atoms with Crippen LogP contribution in [0.1, 0.15) is 37.3 Å². The number of halogens is 1. The SMILES string of the molecule is C#Cc1c(C)cc2[nH]ncc2c1-c1nccc2c3c(N4CCOC[C@@](C)(O)C4)nc(OC[C@@]45CCCN4C[C@H](F)C5)nc3n(C)c12. The van der Waals surface area contributed by atoms with Gasteiger partial charge in [-0.1, -0.05) is 5.92 Å². The van der Waals surface area contributed by atoms with Crippen molar-refractivity contribution < 1.29 is 19.0 Å². The number of aromatic nitrogens is 6.